The molecule has 0 atom stereocenters. The van der Waals surface area contributed by atoms with Crippen LogP contribution >= 0.6 is 11.3 Å². The number of hydrogen-bond acceptors (Lipinski definition) is 3. The lowest BCUT2D eigenvalue weighted by Gasteiger charge is -2.11. The molecular weight excluding hydrogens is 220 g/mol. The maximum Gasteiger partial charge on any atom is 0.225 e. The van der Waals surface area contributed by atoms with E-state index in [1.807, 2.05) is 13.8 Å². The average Bonchev–Trinajstić information content (AvgIpc) is 2.78. The van der Waals surface area contributed by atoms with Gasteiger partial charge in [0.1, 0.15) is 0 Å². The summed E-state index contributed by atoms with van der Waals surface area (Å²) in [6, 6.07) is 0.418. The third-order valence-electron chi connectivity index (χ3n) is 3.04. The first kappa shape index (κ1) is 11.6. The minimum Gasteiger partial charge on any atom is -0.353 e. The number of carbonyl (C=O) groups is 1. The molecule has 16 heavy (non-hydrogen) atoms. The second kappa shape index (κ2) is 4.95. The van der Waals surface area contributed by atoms with Crippen LogP contribution in [0.2, 0.25) is 0 Å². The van der Waals surface area contributed by atoms with Gasteiger partial charge in [0.25, 0.3) is 0 Å². The molecule has 3 nitrogen and oxygen atoms in total. The molecule has 1 saturated carbocycles. The maximum atomic E-state index is 11.8. The number of hydrogen-bond donors (Lipinski definition) is 1. The Morgan fingerprint density at radius 3 is 2.69 bits per heavy atom. The zero-order valence-electron chi connectivity index (χ0n) is 9.88. The van der Waals surface area contributed by atoms with E-state index in [4.69, 9.17) is 0 Å². The van der Waals surface area contributed by atoms with E-state index in [1.165, 1.54) is 12.8 Å². The highest BCUT2D eigenvalue weighted by atomic mass is 32.1. The van der Waals surface area contributed by atoms with Crippen molar-refractivity contribution in [2.45, 2.75) is 52.0 Å². The molecule has 88 valence electrons. The second-order valence-electron chi connectivity index (χ2n) is 4.47. The lowest BCUT2D eigenvalue weighted by atomic mass is 10.2. The number of thiazole rings is 1. The van der Waals surface area contributed by atoms with Gasteiger partial charge in [-0.2, -0.15) is 0 Å². The summed E-state index contributed by atoms with van der Waals surface area (Å²) in [5.41, 5.74) is 1.00. The SMILES string of the molecule is Cc1nc(C)c(CC(=O)NC2CCCC2)s1. The van der Waals surface area contributed by atoms with E-state index in [2.05, 4.69) is 10.3 Å². The monoisotopic (exact) mass is 238 g/mol. The molecule has 0 bridgehead atoms. The van der Waals surface area contributed by atoms with Crippen molar-refractivity contribution in [1.29, 1.82) is 0 Å². The Hall–Kier alpha value is -0.900. The predicted octanol–water partition coefficient (Wildman–Crippen LogP) is 2.36. The molecule has 1 aromatic heterocycles. The van der Waals surface area contributed by atoms with Crippen LogP contribution in [0.25, 0.3) is 0 Å². The molecule has 0 radical (unpaired) electrons. The van der Waals surface area contributed by atoms with E-state index in [9.17, 15) is 4.79 Å². The Balaban J connectivity index is 1.89. The van der Waals surface area contributed by atoms with E-state index >= 15 is 0 Å². The van der Waals surface area contributed by atoms with Crippen LogP contribution in [0.15, 0.2) is 0 Å². The summed E-state index contributed by atoms with van der Waals surface area (Å²) in [6.45, 7) is 3.96. The van der Waals surface area contributed by atoms with E-state index in [1.54, 1.807) is 11.3 Å². The standard InChI is InChI=1S/C12H18N2OS/c1-8-11(16-9(2)13-8)7-12(15)14-10-5-3-4-6-10/h10H,3-7H2,1-2H3,(H,14,15). The van der Waals surface area contributed by atoms with E-state index < -0.39 is 0 Å². The van der Waals surface area contributed by atoms with Crippen molar-refractivity contribution in [3.8, 4) is 0 Å². The van der Waals surface area contributed by atoms with Gasteiger partial charge in [0.05, 0.1) is 17.1 Å². The molecule has 1 N–H and O–H groups in total. The van der Waals surface area contributed by atoms with Crippen LogP contribution in [0, 0.1) is 13.8 Å². The van der Waals surface area contributed by atoms with E-state index in [0.29, 0.717) is 12.5 Å². The fourth-order valence-corrected chi connectivity index (χ4v) is 3.17. The van der Waals surface area contributed by atoms with Gasteiger partial charge in [-0.15, -0.1) is 11.3 Å². The topological polar surface area (TPSA) is 42.0 Å². The third kappa shape index (κ3) is 2.82. The smallest absolute Gasteiger partial charge is 0.225 e. The zero-order valence-corrected chi connectivity index (χ0v) is 10.7. The second-order valence-corrected chi connectivity index (χ2v) is 5.75. The molecule has 1 aliphatic carbocycles. The fourth-order valence-electron chi connectivity index (χ4n) is 2.23. The average molecular weight is 238 g/mol. The van der Waals surface area contributed by atoms with Crippen molar-refractivity contribution in [3.05, 3.63) is 15.6 Å². The maximum absolute atomic E-state index is 11.8. The molecule has 4 heteroatoms. The van der Waals surface area contributed by atoms with Gasteiger partial charge in [-0.3, -0.25) is 4.79 Å². The third-order valence-corrected chi connectivity index (χ3v) is 4.11. The molecule has 0 aliphatic heterocycles. The van der Waals surface area contributed by atoms with Crippen LogP contribution in [0.1, 0.15) is 41.3 Å². The molecule has 1 aliphatic rings. The lowest BCUT2D eigenvalue weighted by molar-refractivity contribution is -0.121. The van der Waals surface area contributed by atoms with Crippen LogP contribution < -0.4 is 5.32 Å². The first-order valence-electron chi connectivity index (χ1n) is 5.87. The van der Waals surface area contributed by atoms with Gasteiger partial charge in [0, 0.05) is 10.9 Å². The van der Waals surface area contributed by atoms with Crippen molar-refractivity contribution < 1.29 is 4.79 Å². The molecule has 0 aromatic carbocycles. The summed E-state index contributed by atoms with van der Waals surface area (Å²) >= 11 is 1.63. The number of aromatic nitrogens is 1. The Kier molecular flexibility index (Phi) is 3.59. The minimum atomic E-state index is 0.152. The van der Waals surface area contributed by atoms with E-state index in [-0.39, 0.29) is 5.91 Å². The normalized spacial score (nSPS) is 16.6. The summed E-state index contributed by atoms with van der Waals surface area (Å²) in [6.07, 6.45) is 5.29. The van der Waals surface area contributed by atoms with Gasteiger partial charge in [-0.1, -0.05) is 12.8 Å². The largest absolute Gasteiger partial charge is 0.353 e. The molecule has 0 saturated heterocycles. The van der Waals surface area contributed by atoms with Crippen LogP contribution in [-0.4, -0.2) is 16.9 Å². The molecule has 2 rings (SSSR count). The number of rotatable bonds is 3. The molecule has 0 spiro atoms. The lowest BCUT2D eigenvalue weighted by Crippen LogP contribution is -2.33. The summed E-state index contributed by atoms with van der Waals surface area (Å²) in [5, 5.41) is 4.15. The van der Waals surface area contributed by atoms with Gasteiger partial charge in [0.2, 0.25) is 5.91 Å². The number of nitrogens with zero attached hydrogens (tertiary/aromatic N) is 1. The fraction of sp³-hybridized carbons (Fsp3) is 0.667. The van der Waals surface area contributed by atoms with Crippen molar-refractivity contribution in [2.24, 2.45) is 0 Å². The van der Waals surface area contributed by atoms with Gasteiger partial charge >= 0.3 is 0 Å². The summed E-state index contributed by atoms with van der Waals surface area (Å²) < 4.78 is 0. The van der Waals surface area contributed by atoms with Crippen molar-refractivity contribution in [3.63, 3.8) is 0 Å². The van der Waals surface area contributed by atoms with Crippen LogP contribution in [0.3, 0.4) is 0 Å². The molecule has 1 amide bonds. The highest BCUT2D eigenvalue weighted by molar-refractivity contribution is 7.11. The molecule has 0 unspecified atom stereocenters. The van der Waals surface area contributed by atoms with Gasteiger partial charge < -0.3 is 5.32 Å². The van der Waals surface area contributed by atoms with Crippen molar-refractivity contribution in [1.82, 2.24) is 10.3 Å². The first-order chi connectivity index (χ1) is 7.65. The Labute approximate surface area is 100 Å². The zero-order chi connectivity index (χ0) is 11.5. The van der Waals surface area contributed by atoms with E-state index in [0.717, 1.165) is 28.4 Å². The van der Waals surface area contributed by atoms with Crippen molar-refractivity contribution >= 4 is 17.2 Å². The van der Waals surface area contributed by atoms with Gasteiger partial charge in [0.15, 0.2) is 0 Å². The number of amides is 1. The highest BCUT2D eigenvalue weighted by Gasteiger charge is 2.18. The first-order valence-corrected chi connectivity index (χ1v) is 6.69. The molecule has 1 aromatic rings. The Bertz CT molecular complexity index is 380. The van der Waals surface area contributed by atoms with Crippen LogP contribution in [-0.2, 0) is 11.2 Å². The van der Waals surface area contributed by atoms with Gasteiger partial charge in [-0.25, -0.2) is 4.98 Å². The minimum absolute atomic E-state index is 0.152. The Morgan fingerprint density at radius 2 is 2.12 bits per heavy atom. The van der Waals surface area contributed by atoms with Crippen molar-refractivity contribution in [2.75, 3.05) is 0 Å². The molecule has 1 fully saturated rings. The summed E-state index contributed by atoms with van der Waals surface area (Å²) in [5.74, 6) is 0.152. The number of carbonyl (C=O) groups excluding carboxylic acids is 1. The summed E-state index contributed by atoms with van der Waals surface area (Å²) in [7, 11) is 0. The van der Waals surface area contributed by atoms with Gasteiger partial charge in [-0.05, 0) is 26.7 Å². The summed E-state index contributed by atoms with van der Waals surface area (Å²) in [4.78, 5) is 17.2. The van der Waals surface area contributed by atoms with Crippen LogP contribution in [0.5, 0.6) is 0 Å². The quantitative estimate of drug-likeness (QED) is 0.878. The number of aryl methyl sites for hydroxylation is 2. The molecular formula is C12H18N2OS. The molecule has 1 heterocycles. The Morgan fingerprint density at radius 1 is 1.44 bits per heavy atom. The van der Waals surface area contributed by atoms with Crippen LogP contribution in [0.4, 0.5) is 0 Å². The highest BCUT2D eigenvalue weighted by Crippen LogP contribution is 2.20. The predicted molar refractivity (Wildman–Crippen MR) is 65.7 cm³/mol. The number of nitrogens with one attached hydrogen (secondary N) is 1.